The molecular weight excluding hydrogens is 1430 g/mol. The first-order valence-corrected chi connectivity index (χ1v) is 35.6. The van der Waals surface area contributed by atoms with E-state index in [0.717, 1.165) is 0 Å². The standard InChI is InChI=1S/C70H66N10O20S4/c81-65(39-95-57-25-9-5-21-53(57)77(87)88)71-49-17-1-13-29-61(49)101-43-47(44-102-62-30-14-2-18-50(62)72-66(82)40-96-58-26-10-6-22-54(58)78(89)90)99-69(85)37-75-33-35-76(36-34-75)38-70(86)100-48(45-103-63-31-15-3-19-51(63)73-67(83)41-97-59-27-11-7-23-55(59)79(91)92)46-104-64-32-16-4-20-52(64)74-68(84)42-98-60-28-12-8-24-56(60)80(93)94/h1-32,47-48H,33-46H2,(H,71,81)(H,72,82)(H,73,83)(H,74,84). The lowest BCUT2D eigenvalue weighted by Crippen LogP contribution is -2.50. The van der Waals surface area contributed by atoms with Crippen molar-refractivity contribution in [2.75, 3.05) is 110 Å². The van der Waals surface area contributed by atoms with Gasteiger partial charge in [-0.25, -0.2) is 0 Å². The maximum Gasteiger partial charge on any atom is 0.320 e. The van der Waals surface area contributed by atoms with Gasteiger partial charge in [0.1, 0.15) is 12.2 Å². The minimum Gasteiger partial charge on any atom is -0.477 e. The highest BCUT2D eigenvalue weighted by molar-refractivity contribution is 8.01. The Morgan fingerprint density at radius 3 is 0.779 bits per heavy atom. The van der Waals surface area contributed by atoms with E-state index in [1.165, 1.54) is 120 Å². The van der Waals surface area contributed by atoms with Crippen molar-refractivity contribution >= 4 is 128 Å². The number of nitrogens with one attached hydrogen (secondary N) is 4. The van der Waals surface area contributed by atoms with Gasteiger partial charge in [0.15, 0.2) is 49.4 Å². The minimum absolute atomic E-state index is 0.0883. The van der Waals surface area contributed by atoms with Crippen LogP contribution in [0.1, 0.15) is 0 Å². The van der Waals surface area contributed by atoms with Gasteiger partial charge in [0, 0.05) is 93.0 Å². The fourth-order valence-corrected chi connectivity index (χ4v) is 14.2. The zero-order chi connectivity index (χ0) is 73.7. The van der Waals surface area contributed by atoms with Gasteiger partial charge >= 0.3 is 34.7 Å². The zero-order valence-corrected chi connectivity index (χ0v) is 58.3. The van der Waals surface area contributed by atoms with E-state index in [0.29, 0.717) is 68.5 Å². The van der Waals surface area contributed by atoms with E-state index >= 15 is 0 Å². The van der Waals surface area contributed by atoms with E-state index in [-0.39, 0.29) is 81.8 Å². The first kappa shape index (κ1) is 76.9. The average molecular weight is 1500 g/mol. The highest BCUT2D eigenvalue weighted by Gasteiger charge is 2.28. The molecule has 9 rings (SSSR count). The number of piperazine rings is 1. The Kier molecular flexibility index (Phi) is 29.0. The summed E-state index contributed by atoms with van der Waals surface area (Å²) in [5, 5.41) is 57.5. The van der Waals surface area contributed by atoms with Gasteiger partial charge in [-0.3, -0.25) is 79.0 Å². The van der Waals surface area contributed by atoms with Crippen molar-refractivity contribution in [3.8, 4) is 23.0 Å². The van der Waals surface area contributed by atoms with E-state index in [4.69, 9.17) is 28.4 Å². The summed E-state index contributed by atoms with van der Waals surface area (Å²) < 4.78 is 34.5. The zero-order valence-electron chi connectivity index (χ0n) is 55.0. The maximum absolute atomic E-state index is 14.1. The fourth-order valence-electron chi connectivity index (χ4n) is 9.90. The van der Waals surface area contributed by atoms with Crippen LogP contribution in [0, 0.1) is 40.5 Å². The minimum atomic E-state index is -0.797. The first-order valence-electron chi connectivity index (χ1n) is 31.7. The number of nitro groups is 4. The van der Waals surface area contributed by atoms with Crippen LogP contribution in [0.25, 0.3) is 0 Å². The summed E-state index contributed by atoms with van der Waals surface area (Å²) in [6.45, 7) is -1.05. The van der Waals surface area contributed by atoms with Crippen molar-refractivity contribution in [1.82, 2.24) is 9.80 Å². The number of thioether (sulfide) groups is 4. The molecule has 34 heteroatoms. The number of carbonyl (C=O) groups is 6. The van der Waals surface area contributed by atoms with E-state index in [1.54, 1.807) is 121 Å². The van der Waals surface area contributed by atoms with Crippen LogP contribution in [0.3, 0.4) is 0 Å². The number of nitro benzene ring substituents is 4. The molecule has 104 heavy (non-hydrogen) atoms. The first-order chi connectivity index (χ1) is 50.3. The van der Waals surface area contributed by atoms with Gasteiger partial charge in [-0.2, -0.15) is 0 Å². The fraction of sp³-hybridized carbons (Fsp3) is 0.229. The second kappa shape index (κ2) is 39.2. The third-order valence-corrected chi connectivity index (χ3v) is 19.6. The number of ether oxygens (including phenoxy) is 6. The third-order valence-electron chi connectivity index (χ3n) is 14.8. The van der Waals surface area contributed by atoms with Crippen molar-refractivity contribution in [2.45, 2.75) is 31.8 Å². The predicted octanol–water partition coefficient (Wildman–Crippen LogP) is 11.3. The highest BCUT2D eigenvalue weighted by Crippen LogP contribution is 2.36. The number of benzene rings is 8. The molecule has 0 aliphatic carbocycles. The Bertz CT molecular complexity index is 3880. The second-order valence-electron chi connectivity index (χ2n) is 22.3. The van der Waals surface area contributed by atoms with Crippen molar-refractivity contribution in [3.05, 3.63) is 235 Å². The molecule has 1 heterocycles. The van der Waals surface area contributed by atoms with E-state index in [1.807, 2.05) is 9.80 Å². The SMILES string of the molecule is O=C(COc1ccccc1[N+](=O)[O-])Nc1ccccc1SCC(CSc1ccccc1NC(=O)COc1ccccc1[N+](=O)[O-])OC(=O)CN1CCN(CC(=O)OC(CSc2ccccc2NC(=O)COc2ccccc2[N+](=O)[O-])CSc2ccccc2NC(=O)COc2ccccc2[N+](=O)[O-])CC1. The summed E-state index contributed by atoms with van der Waals surface area (Å²) in [5.41, 5.74) is 0.324. The van der Waals surface area contributed by atoms with Crippen molar-refractivity contribution in [2.24, 2.45) is 0 Å². The Morgan fingerprint density at radius 1 is 0.337 bits per heavy atom. The Morgan fingerprint density at radius 2 is 0.548 bits per heavy atom. The van der Waals surface area contributed by atoms with Crippen LogP contribution in [-0.4, -0.2) is 166 Å². The molecule has 1 aliphatic heterocycles. The summed E-state index contributed by atoms with van der Waals surface area (Å²) in [5.74, 6) is -3.22. The molecule has 0 spiro atoms. The van der Waals surface area contributed by atoms with Crippen molar-refractivity contribution < 1.29 is 76.9 Å². The molecule has 0 bridgehead atoms. The topological polar surface area (TPSA) is 385 Å². The van der Waals surface area contributed by atoms with Crippen LogP contribution in [0.4, 0.5) is 45.5 Å². The van der Waals surface area contributed by atoms with Gasteiger partial charge in [0.05, 0.1) is 55.5 Å². The van der Waals surface area contributed by atoms with Crippen LogP contribution in [0.2, 0.25) is 0 Å². The van der Waals surface area contributed by atoms with E-state index in [9.17, 15) is 69.2 Å². The quantitative estimate of drug-likeness (QED) is 0.0121. The van der Waals surface area contributed by atoms with Gasteiger partial charge in [0.2, 0.25) is 0 Å². The number of hydrogen-bond donors (Lipinski definition) is 4. The number of nitrogens with zero attached hydrogens (tertiary/aromatic N) is 6. The van der Waals surface area contributed by atoms with Gasteiger partial charge < -0.3 is 49.7 Å². The summed E-state index contributed by atoms with van der Waals surface area (Å²) in [4.78, 5) is 131. The van der Waals surface area contributed by atoms with Crippen LogP contribution in [-0.2, 0) is 38.2 Å². The molecule has 30 nitrogen and oxygen atoms in total. The average Bonchev–Trinajstić information content (AvgIpc) is 0.896. The third kappa shape index (κ3) is 23.9. The maximum atomic E-state index is 14.1. The Hall–Kier alpha value is -11.3. The Labute approximate surface area is 610 Å². The smallest absolute Gasteiger partial charge is 0.320 e. The molecule has 8 aromatic carbocycles. The molecule has 4 N–H and O–H groups in total. The number of para-hydroxylation sites is 12. The number of carbonyl (C=O) groups excluding carboxylic acids is 6. The van der Waals surface area contributed by atoms with Crippen molar-refractivity contribution in [3.63, 3.8) is 0 Å². The molecule has 8 aromatic rings. The largest absolute Gasteiger partial charge is 0.477 e. The molecule has 540 valence electrons. The summed E-state index contributed by atoms with van der Waals surface area (Å²) in [6.07, 6.45) is -1.59. The number of hydrogen-bond acceptors (Lipinski definition) is 26. The lowest BCUT2D eigenvalue weighted by Gasteiger charge is -2.34. The summed E-state index contributed by atoms with van der Waals surface area (Å²) in [7, 11) is 0. The lowest BCUT2D eigenvalue weighted by atomic mass is 10.3. The van der Waals surface area contributed by atoms with Crippen molar-refractivity contribution in [1.29, 1.82) is 0 Å². The molecule has 1 saturated heterocycles. The number of esters is 2. The van der Waals surface area contributed by atoms with Gasteiger partial charge in [0.25, 0.3) is 23.6 Å². The number of rotatable bonds is 38. The highest BCUT2D eigenvalue weighted by atomic mass is 32.2. The number of anilines is 4. The van der Waals surface area contributed by atoms with E-state index < -0.39 is 93.9 Å². The predicted molar refractivity (Wildman–Crippen MR) is 390 cm³/mol. The lowest BCUT2D eigenvalue weighted by molar-refractivity contribution is -0.386. The molecule has 0 radical (unpaired) electrons. The van der Waals surface area contributed by atoms with Crippen LogP contribution >= 0.6 is 47.0 Å². The molecule has 0 saturated carbocycles. The van der Waals surface area contributed by atoms with E-state index in [2.05, 4.69) is 21.3 Å². The summed E-state index contributed by atoms with van der Waals surface area (Å²) in [6, 6.07) is 50.1. The van der Waals surface area contributed by atoms with Gasteiger partial charge in [-0.15, -0.1) is 47.0 Å². The second-order valence-corrected chi connectivity index (χ2v) is 26.5. The molecule has 0 unspecified atom stereocenters. The molecular formula is C70H66N10O20S4. The monoisotopic (exact) mass is 1490 g/mol. The normalized spacial score (nSPS) is 12.1. The molecule has 4 amide bonds. The Balaban J connectivity index is 0.830. The van der Waals surface area contributed by atoms with Crippen LogP contribution in [0.15, 0.2) is 214 Å². The van der Waals surface area contributed by atoms with Crippen LogP contribution in [0.5, 0.6) is 23.0 Å². The molecule has 0 aromatic heterocycles. The molecule has 0 atom stereocenters. The molecule has 1 fully saturated rings. The number of amides is 4. The van der Waals surface area contributed by atoms with Gasteiger partial charge in [-0.1, -0.05) is 97.1 Å². The van der Waals surface area contributed by atoms with Gasteiger partial charge in [-0.05, 0) is 72.8 Å². The molecule has 1 aliphatic rings. The summed E-state index contributed by atoms with van der Waals surface area (Å²) >= 11 is 5.12. The van der Waals surface area contributed by atoms with Crippen LogP contribution < -0.4 is 40.2 Å².